The largest absolute Gasteiger partial charge is 0.320 e. The van der Waals surface area contributed by atoms with Crippen LogP contribution in [0.5, 0.6) is 0 Å². The van der Waals surface area contributed by atoms with Crippen molar-refractivity contribution in [3.8, 4) is 0 Å². The Labute approximate surface area is 119 Å². The van der Waals surface area contributed by atoms with Crippen molar-refractivity contribution in [2.75, 3.05) is 6.54 Å². The summed E-state index contributed by atoms with van der Waals surface area (Å²) in [6, 6.07) is 5.58. The number of nitrogens with one attached hydrogen (secondary N) is 1. The maximum atomic E-state index is 12.0. The number of imide groups is 1. The number of hydrogen-bond acceptors (Lipinski definition) is 5. The molecule has 3 amide bonds. The van der Waals surface area contributed by atoms with Crippen molar-refractivity contribution in [3.63, 3.8) is 0 Å². The lowest BCUT2D eigenvalue weighted by atomic mass is 10.1. The first-order valence-electron chi connectivity index (χ1n) is 5.97. The molecule has 1 aromatic carbocycles. The van der Waals surface area contributed by atoms with Gasteiger partial charge in [-0.15, -0.1) is 0 Å². The van der Waals surface area contributed by atoms with Crippen LogP contribution in [-0.4, -0.2) is 34.1 Å². The molecule has 1 aliphatic heterocycles. The van der Waals surface area contributed by atoms with Gasteiger partial charge >= 0.3 is 0 Å². The van der Waals surface area contributed by atoms with Crippen LogP contribution in [0.25, 0.3) is 6.08 Å². The van der Waals surface area contributed by atoms with Gasteiger partial charge in [0.2, 0.25) is 11.8 Å². The average Bonchev–Trinajstić information content (AvgIpc) is 2.42. The Kier molecular flexibility index (Phi) is 3.79. The number of non-ortho nitro benzene ring substituents is 1. The van der Waals surface area contributed by atoms with Gasteiger partial charge in [-0.2, -0.15) is 0 Å². The van der Waals surface area contributed by atoms with Crippen molar-refractivity contribution in [2.45, 2.75) is 6.92 Å². The first kappa shape index (κ1) is 14.4. The van der Waals surface area contributed by atoms with Crippen LogP contribution in [0.4, 0.5) is 5.69 Å². The Morgan fingerprint density at radius 3 is 2.76 bits per heavy atom. The molecule has 21 heavy (non-hydrogen) atoms. The van der Waals surface area contributed by atoms with E-state index in [9.17, 15) is 24.5 Å². The van der Waals surface area contributed by atoms with Crippen molar-refractivity contribution in [2.24, 2.45) is 0 Å². The van der Waals surface area contributed by atoms with Gasteiger partial charge in [0.15, 0.2) is 0 Å². The van der Waals surface area contributed by atoms with E-state index < -0.39 is 22.6 Å². The average molecular weight is 289 g/mol. The predicted molar refractivity (Wildman–Crippen MR) is 71.6 cm³/mol. The fraction of sp³-hybridized carbons (Fsp3) is 0.154. The second-order valence-electron chi connectivity index (χ2n) is 4.37. The third-order valence-corrected chi connectivity index (χ3v) is 2.82. The Bertz CT molecular complexity index is 680. The zero-order valence-electron chi connectivity index (χ0n) is 11.0. The zero-order valence-corrected chi connectivity index (χ0v) is 11.0. The highest BCUT2D eigenvalue weighted by molar-refractivity contribution is 6.12. The summed E-state index contributed by atoms with van der Waals surface area (Å²) >= 11 is 0. The molecule has 0 unspecified atom stereocenters. The quantitative estimate of drug-likeness (QED) is 0.482. The number of piperazine rings is 1. The normalized spacial score (nSPS) is 16.8. The first-order valence-corrected chi connectivity index (χ1v) is 5.97. The van der Waals surface area contributed by atoms with Crippen molar-refractivity contribution in [3.05, 3.63) is 45.6 Å². The fourth-order valence-corrected chi connectivity index (χ4v) is 1.85. The van der Waals surface area contributed by atoms with E-state index in [1.165, 1.54) is 31.2 Å². The van der Waals surface area contributed by atoms with E-state index >= 15 is 0 Å². The highest BCUT2D eigenvalue weighted by atomic mass is 16.6. The fourth-order valence-electron chi connectivity index (χ4n) is 1.85. The lowest BCUT2D eigenvalue weighted by molar-refractivity contribution is -0.384. The Morgan fingerprint density at radius 1 is 1.43 bits per heavy atom. The second kappa shape index (κ2) is 5.53. The summed E-state index contributed by atoms with van der Waals surface area (Å²) in [6.07, 6.45) is 1.29. The van der Waals surface area contributed by atoms with Crippen molar-refractivity contribution >= 4 is 29.5 Å². The molecule has 0 spiro atoms. The Hall–Kier alpha value is -3.03. The summed E-state index contributed by atoms with van der Waals surface area (Å²) in [5, 5.41) is 13.1. The van der Waals surface area contributed by atoms with Crippen LogP contribution in [0, 0.1) is 10.1 Å². The predicted octanol–water partition coefficient (Wildman–Crippen LogP) is 0.441. The number of rotatable bonds is 2. The van der Waals surface area contributed by atoms with Gasteiger partial charge in [0, 0.05) is 19.1 Å². The zero-order chi connectivity index (χ0) is 15.6. The summed E-state index contributed by atoms with van der Waals surface area (Å²) in [7, 11) is 0. The van der Waals surface area contributed by atoms with Gasteiger partial charge in [-0.3, -0.25) is 29.4 Å². The number of hydrogen-bond donors (Lipinski definition) is 1. The molecule has 108 valence electrons. The van der Waals surface area contributed by atoms with E-state index in [1.807, 2.05) is 0 Å². The molecule has 1 aliphatic rings. The minimum absolute atomic E-state index is 0.0954. The Balaban J connectivity index is 2.37. The van der Waals surface area contributed by atoms with Crippen LogP contribution in [0.2, 0.25) is 0 Å². The molecule has 1 heterocycles. The summed E-state index contributed by atoms with van der Waals surface area (Å²) in [5.74, 6) is -1.69. The van der Waals surface area contributed by atoms with Crippen LogP contribution >= 0.6 is 0 Å². The molecule has 1 saturated heterocycles. The number of nitro benzene ring substituents is 1. The molecule has 0 aromatic heterocycles. The van der Waals surface area contributed by atoms with Gasteiger partial charge in [-0.25, -0.2) is 0 Å². The van der Waals surface area contributed by atoms with Crippen molar-refractivity contribution < 1.29 is 19.3 Å². The molecule has 8 nitrogen and oxygen atoms in total. The minimum Gasteiger partial charge on any atom is -0.320 e. The minimum atomic E-state index is -0.645. The topological polar surface area (TPSA) is 110 Å². The van der Waals surface area contributed by atoms with E-state index in [0.29, 0.717) is 5.56 Å². The first-order chi connectivity index (χ1) is 9.88. The molecule has 0 saturated carbocycles. The molecule has 0 aliphatic carbocycles. The summed E-state index contributed by atoms with van der Waals surface area (Å²) < 4.78 is 0. The van der Waals surface area contributed by atoms with Crippen LogP contribution in [0.1, 0.15) is 12.5 Å². The lowest BCUT2D eigenvalue weighted by Gasteiger charge is -2.25. The SMILES string of the molecule is CC(=O)N1CC(=O)N/C(=C/c2cccc([N+](=O)[O-])c2)C1=O. The van der Waals surface area contributed by atoms with Crippen LogP contribution in [0.15, 0.2) is 30.0 Å². The van der Waals surface area contributed by atoms with Gasteiger partial charge in [0.25, 0.3) is 11.6 Å². The number of nitrogens with zero attached hydrogens (tertiary/aromatic N) is 2. The number of benzene rings is 1. The molecule has 1 aromatic rings. The summed E-state index contributed by atoms with van der Waals surface area (Å²) in [6.45, 7) is 0.849. The van der Waals surface area contributed by atoms with E-state index in [1.54, 1.807) is 6.07 Å². The number of carbonyl (C=O) groups is 3. The smallest absolute Gasteiger partial charge is 0.277 e. The number of carbonyl (C=O) groups excluding carboxylic acids is 3. The summed E-state index contributed by atoms with van der Waals surface area (Å²) in [4.78, 5) is 45.8. The van der Waals surface area contributed by atoms with Gasteiger partial charge in [0.1, 0.15) is 12.2 Å². The van der Waals surface area contributed by atoms with Crippen molar-refractivity contribution in [1.29, 1.82) is 0 Å². The molecule has 2 rings (SSSR count). The highest BCUT2D eigenvalue weighted by Gasteiger charge is 2.30. The molecule has 1 N–H and O–H groups in total. The highest BCUT2D eigenvalue weighted by Crippen LogP contribution is 2.17. The maximum absolute atomic E-state index is 12.0. The monoisotopic (exact) mass is 289 g/mol. The molecule has 8 heteroatoms. The maximum Gasteiger partial charge on any atom is 0.277 e. The Morgan fingerprint density at radius 2 is 2.14 bits per heavy atom. The third kappa shape index (κ3) is 3.11. The number of nitro groups is 1. The van der Waals surface area contributed by atoms with E-state index in [0.717, 1.165) is 4.90 Å². The van der Waals surface area contributed by atoms with Gasteiger partial charge in [-0.05, 0) is 11.6 Å². The molecule has 0 bridgehead atoms. The van der Waals surface area contributed by atoms with Gasteiger partial charge < -0.3 is 5.32 Å². The van der Waals surface area contributed by atoms with Crippen LogP contribution in [-0.2, 0) is 14.4 Å². The van der Waals surface area contributed by atoms with Gasteiger partial charge in [0.05, 0.1) is 4.92 Å². The molecule has 1 fully saturated rings. The van der Waals surface area contributed by atoms with E-state index in [-0.39, 0.29) is 17.9 Å². The lowest BCUT2D eigenvalue weighted by Crippen LogP contribution is -2.51. The summed E-state index contributed by atoms with van der Waals surface area (Å²) in [5.41, 5.74) is 0.141. The van der Waals surface area contributed by atoms with Crippen LogP contribution < -0.4 is 5.32 Å². The second-order valence-corrected chi connectivity index (χ2v) is 4.37. The standard InChI is InChI=1S/C13H11N3O5/c1-8(17)15-7-12(18)14-11(13(15)19)6-9-3-2-4-10(5-9)16(20)21/h2-6H,7H2,1H3,(H,14,18)/b11-6+. The van der Waals surface area contributed by atoms with Crippen LogP contribution in [0.3, 0.4) is 0 Å². The molecule has 0 radical (unpaired) electrons. The van der Waals surface area contributed by atoms with Gasteiger partial charge in [-0.1, -0.05) is 12.1 Å². The molecular weight excluding hydrogens is 278 g/mol. The molecular formula is C13H11N3O5. The van der Waals surface area contributed by atoms with Crippen molar-refractivity contribution in [1.82, 2.24) is 10.2 Å². The van der Waals surface area contributed by atoms with E-state index in [2.05, 4.69) is 5.32 Å². The molecule has 0 atom stereocenters. The number of amides is 3. The van der Waals surface area contributed by atoms with E-state index in [4.69, 9.17) is 0 Å². The third-order valence-electron chi connectivity index (χ3n) is 2.82.